The molecule has 0 atom stereocenters. The van der Waals surface area contributed by atoms with Crippen molar-refractivity contribution in [1.29, 1.82) is 0 Å². The molecule has 1 aliphatic heterocycles. The van der Waals surface area contributed by atoms with Crippen molar-refractivity contribution in [3.63, 3.8) is 0 Å². The Hall–Kier alpha value is -2.12. The van der Waals surface area contributed by atoms with E-state index in [1.54, 1.807) is 11.8 Å². The number of fused-ring (bicyclic) bond motifs is 1. The number of hydrogen-bond acceptors (Lipinski definition) is 5. The maximum Gasteiger partial charge on any atom is 0.212 e. The van der Waals surface area contributed by atoms with Crippen molar-refractivity contribution in [3.05, 3.63) is 58.6 Å². The van der Waals surface area contributed by atoms with Crippen LogP contribution in [0.3, 0.4) is 0 Å². The number of halogens is 1. The van der Waals surface area contributed by atoms with E-state index < -0.39 is 0 Å². The van der Waals surface area contributed by atoms with Gasteiger partial charge in [-0.05, 0) is 37.3 Å². The Morgan fingerprint density at radius 1 is 1.12 bits per heavy atom. The number of hydrogen-bond donors (Lipinski definition) is 0. The van der Waals surface area contributed by atoms with Gasteiger partial charge in [-0.2, -0.15) is 9.78 Å². The molecule has 126 valence electrons. The highest BCUT2D eigenvalue weighted by molar-refractivity contribution is 9.10. The predicted molar refractivity (Wildman–Crippen MR) is 103 cm³/mol. The van der Waals surface area contributed by atoms with Gasteiger partial charge >= 0.3 is 0 Å². The van der Waals surface area contributed by atoms with Crippen LogP contribution in [0.2, 0.25) is 0 Å². The van der Waals surface area contributed by atoms with E-state index in [2.05, 4.69) is 32.2 Å². The zero-order chi connectivity index (χ0) is 17.2. The molecule has 0 aliphatic carbocycles. The van der Waals surface area contributed by atoms with Gasteiger partial charge in [-0.15, -0.1) is 10.2 Å². The molecular weight excluding hydrogens is 400 g/mol. The molecule has 3 aromatic rings. The van der Waals surface area contributed by atoms with Gasteiger partial charge in [0.15, 0.2) is 5.82 Å². The third-order valence-electron chi connectivity index (χ3n) is 3.78. The van der Waals surface area contributed by atoms with Gasteiger partial charge in [0.2, 0.25) is 5.16 Å². The highest BCUT2D eigenvalue weighted by atomic mass is 79.9. The second-order valence-corrected chi connectivity index (χ2v) is 7.19. The summed E-state index contributed by atoms with van der Waals surface area (Å²) >= 11 is 5.24. The van der Waals surface area contributed by atoms with Gasteiger partial charge in [0.25, 0.3) is 0 Å². The summed E-state index contributed by atoms with van der Waals surface area (Å²) in [5.41, 5.74) is 3.05. The third kappa shape index (κ3) is 3.21. The molecule has 2 aromatic carbocycles. The topological polar surface area (TPSA) is 52.3 Å². The first kappa shape index (κ1) is 16.4. The van der Waals surface area contributed by atoms with Crippen LogP contribution in [-0.4, -0.2) is 32.9 Å². The zero-order valence-corrected chi connectivity index (χ0v) is 15.9. The quantitative estimate of drug-likeness (QED) is 0.631. The Morgan fingerprint density at radius 3 is 2.68 bits per heavy atom. The molecule has 0 saturated heterocycles. The number of rotatable bonds is 4. The molecule has 0 amide bonds. The lowest BCUT2D eigenvalue weighted by Crippen LogP contribution is -2.14. The Balaban J connectivity index is 1.73. The summed E-state index contributed by atoms with van der Waals surface area (Å²) in [6.07, 6.45) is 0. The van der Waals surface area contributed by atoms with Crippen LogP contribution in [-0.2, 0) is 0 Å². The Kier molecular flexibility index (Phi) is 4.59. The highest BCUT2D eigenvalue weighted by Gasteiger charge is 2.21. The zero-order valence-electron chi connectivity index (χ0n) is 13.5. The van der Waals surface area contributed by atoms with Crippen molar-refractivity contribution in [2.45, 2.75) is 12.1 Å². The molecule has 0 N–H and O–H groups in total. The van der Waals surface area contributed by atoms with Gasteiger partial charge in [-0.25, -0.2) is 0 Å². The van der Waals surface area contributed by atoms with Crippen LogP contribution in [0.4, 0.5) is 0 Å². The molecule has 1 aliphatic rings. The first-order valence-electron chi connectivity index (χ1n) is 7.90. The fourth-order valence-electron chi connectivity index (χ4n) is 2.60. The lowest BCUT2D eigenvalue weighted by molar-refractivity contribution is 0.340. The van der Waals surface area contributed by atoms with Crippen LogP contribution in [0, 0.1) is 0 Å². The molecule has 2 heterocycles. The largest absolute Gasteiger partial charge is 0.494 e. The fourth-order valence-corrected chi connectivity index (χ4v) is 3.94. The summed E-state index contributed by atoms with van der Waals surface area (Å²) in [6.45, 7) is 2.62. The maximum atomic E-state index is 5.50. The van der Waals surface area contributed by atoms with E-state index in [9.17, 15) is 0 Å². The number of thioether (sulfide) groups is 1. The van der Waals surface area contributed by atoms with Gasteiger partial charge in [0.05, 0.1) is 12.3 Å². The molecule has 25 heavy (non-hydrogen) atoms. The lowest BCUT2D eigenvalue weighted by Gasteiger charge is -2.15. The van der Waals surface area contributed by atoms with E-state index in [1.165, 1.54) is 0 Å². The minimum Gasteiger partial charge on any atom is -0.494 e. The Bertz CT molecular complexity index is 937. The smallest absolute Gasteiger partial charge is 0.212 e. The first-order chi connectivity index (χ1) is 12.3. The van der Waals surface area contributed by atoms with Crippen LogP contribution in [0.5, 0.6) is 5.75 Å². The maximum absolute atomic E-state index is 5.50. The van der Waals surface area contributed by atoms with Gasteiger partial charge in [0.1, 0.15) is 5.75 Å². The standard InChI is InChI=1S/C18H15BrN4OS/c1-2-24-13-9-7-12(8-10-13)17-20-21-18-23(17)22-16(11-25-18)14-5-3-4-6-15(14)19/h3-10H,2,11H2,1H3. The van der Waals surface area contributed by atoms with Crippen LogP contribution in [0.15, 0.2) is 63.3 Å². The third-order valence-corrected chi connectivity index (χ3v) is 5.40. The highest BCUT2D eigenvalue weighted by Crippen LogP contribution is 2.30. The van der Waals surface area contributed by atoms with E-state index in [1.807, 2.05) is 54.1 Å². The Morgan fingerprint density at radius 2 is 1.92 bits per heavy atom. The molecule has 0 saturated carbocycles. The van der Waals surface area contributed by atoms with Gasteiger partial charge < -0.3 is 4.74 Å². The van der Waals surface area contributed by atoms with Crippen LogP contribution < -0.4 is 4.74 Å². The molecule has 7 heteroatoms. The minimum absolute atomic E-state index is 0.649. The van der Waals surface area contributed by atoms with Crippen molar-refractivity contribution in [2.24, 2.45) is 5.10 Å². The second kappa shape index (κ2) is 7.01. The van der Waals surface area contributed by atoms with E-state index in [-0.39, 0.29) is 0 Å². The minimum atomic E-state index is 0.649. The number of benzene rings is 2. The Labute approximate surface area is 158 Å². The SMILES string of the molecule is CCOc1ccc(-c2nnc3n2N=C(c2ccccc2Br)CS3)cc1. The average molecular weight is 415 g/mol. The van der Waals surface area contributed by atoms with Gasteiger partial charge in [0, 0.05) is 21.4 Å². The van der Waals surface area contributed by atoms with Gasteiger partial charge in [-0.1, -0.05) is 45.9 Å². The summed E-state index contributed by atoms with van der Waals surface area (Å²) in [5.74, 6) is 2.34. The summed E-state index contributed by atoms with van der Waals surface area (Å²) in [5, 5.41) is 14.2. The van der Waals surface area contributed by atoms with Crippen molar-refractivity contribution < 1.29 is 4.74 Å². The summed E-state index contributed by atoms with van der Waals surface area (Å²) in [6, 6.07) is 15.9. The average Bonchev–Trinajstić information content (AvgIpc) is 3.06. The summed E-state index contributed by atoms with van der Waals surface area (Å²) in [4.78, 5) is 0. The fraction of sp³-hybridized carbons (Fsp3) is 0.167. The van der Waals surface area contributed by atoms with Crippen molar-refractivity contribution >= 4 is 33.4 Å². The van der Waals surface area contributed by atoms with E-state index in [0.29, 0.717) is 6.61 Å². The van der Waals surface area contributed by atoms with Gasteiger partial charge in [-0.3, -0.25) is 0 Å². The molecular formula is C18H15BrN4OS. The summed E-state index contributed by atoms with van der Waals surface area (Å²) in [7, 11) is 0. The molecule has 0 radical (unpaired) electrons. The molecule has 0 fully saturated rings. The van der Waals surface area contributed by atoms with E-state index in [0.717, 1.165) is 43.8 Å². The summed E-state index contributed by atoms with van der Waals surface area (Å²) < 4.78 is 8.35. The van der Waals surface area contributed by atoms with Crippen molar-refractivity contribution in [3.8, 4) is 17.1 Å². The normalized spacial score (nSPS) is 13.3. The molecule has 5 nitrogen and oxygen atoms in total. The number of nitrogens with zero attached hydrogens (tertiary/aromatic N) is 4. The molecule has 0 spiro atoms. The first-order valence-corrected chi connectivity index (χ1v) is 9.68. The van der Waals surface area contributed by atoms with Crippen LogP contribution >= 0.6 is 27.7 Å². The van der Waals surface area contributed by atoms with Crippen molar-refractivity contribution in [2.75, 3.05) is 12.4 Å². The van der Waals surface area contributed by atoms with Crippen LogP contribution in [0.25, 0.3) is 11.4 Å². The van der Waals surface area contributed by atoms with Crippen LogP contribution in [0.1, 0.15) is 12.5 Å². The number of aromatic nitrogens is 3. The molecule has 4 rings (SSSR count). The monoisotopic (exact) mass is 414 g/mol. The molecule has 1 aromatic heterocycles. The van der Waals surface area contributed by atoms with E-state index in [4.69, 9.17) is 9.84 Å². The second-order valence-electron chi connectivity index (χ2n) is 5.39. The van der Waals surface area contributed by atoms with E-state index >= 15 is 0 Å². The van der Waals surface area contributed by atoms with Crippen molar-refractivity contribution in [1.82, 2.24) is 14.9 Å². The molecule has 0 bridgehead atoms. The predicted octanol–water partition coefficient (Wildman–Crippen LogP) is 4.46. The lowest BCUT2D eigenvalue weighted by atomic mass is 10.1. The molecule has 0 unspecified atom stereocenters. The number of ether oxygens (including phenoxy) is 1.